The molecule has 0 N–H and O–H groups in total. The monoisotopic (exact) mass is 680 g/mol. The largest absolute Gasteiger partial charge is 0.548 e. The predicted molar refractivity (Wildman–Crippen MR) is 171 cm³/mol. The Bertz CT molecular complexity index is 1840. The van der Waals surface area contributed by atoms with Crippen molar-refractivity contribution >= 4 is 33.7 Å². The fraction of sp³-hybridized carbons (Fsp3) is 0.424. The van der Waals surface area contributed by atoms with Crippen LogP contribution in [-0.2, 0) is 56.8 Å². The third-order valence-corrected chi connectivity index (χ3v) is 10.4. The Morgan fingerprint density at radius 3 is 2.60 bits per heavy atom. The molecule has 248 valence electrons. The highest BCUT2D eigenvalue weighted by molar-refractivity contribution is 7.88. The SMILES string of the molecule is CS(=O)(=O)N1CCc2c(c(-c3ccc(Cl)c(C#COC(=O)N4Cc5ccccc5CC4C(=O)[O-])c3)nn2CCCN2CCOCC2)C1. The molecular weight excluding hydrogens is 646 g/mol. The second-order valence-corrected chi connectivity index (χ2v) is 14.3. The van der Waals surface area contributed by atoms with Gasteiger partial charge in [0, 0.05) is 68.1 Å². The lowest BCUT2D eigenvalue weighted by Gasteiger charge is -2.35. The predicted octanol–water partition coefficient (Wildman–Crippen LogP) is 1.87. The first kappa shape index (κ1) is 33.0. The number of amides is 1. The van der Waals surface area contributed by atoms with Crippen LogP contribution in [0.5, 0.6) is 0 Å². The maximum Gasteiger partial charge on any atom is 0.424 e. The highest BCUT2D eigenvalue weighted by Crippen LogP contribution is 2.33. The van der Waals surface area contributed by atoms with Gasteiger partial charge in [-0.15, -0.1) is 0 Å². The van der Waals surface area contributed by atoms with Crippen molar-refractivity contribution < 1.29 is 32.6 Å². The van der Waals surface area contributed by atoms with E-state index in [0.717, 1.165) is 66.6 Å². The number of carboxylic acids is 1. The molecule has 0 spiro atoms. The highest BCUT2D eigenvalue weighted by Gasteiger charge is 2.32. The van der Waals surface area contributed by atoms with E-state index in [9.17, 15) is 23.1 Å². The Labute approximate surface area is 278 Å². The minimum absolute atomic E-state index is 0.0519. The van der Waals surface area contributed by atoms with Gasteiger partial charge in [0.05, 0.1) is 48.7 Å². The van der Waals surface area contributed by atoms with Crippen LogP contribution < -0.4 is 5.11 Å². The number of rotatable bonds is 7. The van der Waals surface area contributed by atoms with E-state index in [1.807, 2.05) is 28.9 Å². The third kappa shape index (κ3) is 7.47. The number of aryl methyl sites for hydroxylation is 1. The van der Waals surface area contributed by atoms with E-state index in [0.29, 0.717) is 41.4 Å². The van der Waals surface area contributed by atoms with Crippen LogP contribution in [0.1, 0.15) is 34.4 Å². The maximum atomic E-state index is 13.0. The second-order valence-electron chi connectivity index (χ2n) is 11.9. The van der Waals surface area contributed by atoms with Crippen LogP contribution in [0.15, 0.2) is 42.5 Å². The fourth-order valence-corrected chi connectivity index (χ4v) is 7.26. The lowest BCUT2D eigenvalue weighted by molar-refractivity contribution is -0.311. The number of ether oxygens (including phenoxy) is 2. The lowest BCUT2D eigenvalue weighted by atomic mass is 9.94. The van der Waals surface area contributed by atoms with Crippen molar-refractivity contribution in [3.8, 4) is 23.3 Å². The van der Waals surface area contributed by atoms with Crippen molar-refractivity contribution in [1.29, 1.82) is 0 Å². The number of aromatic nitrogens is 2. The van der Waals surface area contributed by atoms with E-state index in [2.05, 4.69) is 16.9 Å². The molecule has 1 aromatic heterocycles. The van der Waals surface area contributed by atoms with Gasteiger partial charge in [0.15, 0.2) is 0 Å². The number of carboxylic acid groups (broad SMARTS) is 1. The first-order valence-corrected chi connectivity index (χ1v) is 17.7. The number of aliphatic carboxylic acids is 1. The van der Waals surface area contributed by atoms with Crippen LogP contribution in [0, 0.1) is 12.0 Å². The van der Waals surface area contributed by atoms with Crippen molar-refractivity contribution in [2.75, 3.05) is 45.6 Å². The number of benzene rings is 2. The van der Waals surface area contributed by atoms with Crippen molar-refractivity contribution in [2.24, 2.45) is 0 Å². The number of halogens is 1. The molecule has 0 saturated carbocycles. The first-order chi connectivity index (χ1) is 22.6. The van der Waals surface area contributed by atoms with Crippen molar-refractivity contribution in [2.45, 2.75) is 44.9 Å². The number of carbonyl (C=O) groups is 2. The van der Waals surface area contributed by atoms with E-state index >= 15 is 0 Å². The summed E-state index contributed by atoms with van der Waals surface area (Å²) >= 11 is 6.48. The summed E-state index contributed by atoms with van der Waals surface area (Å²) in [5, 5.41) is 17.1. The fourth-order valence-electron chi connectivity index (χ4n) is 6.31. The summed E-state index contributed by atoms with van der Waals surface area (Å²) in [6.07, 6.45) is 4.22. The van der Waals surface area contributed by atoms with Gasteiger partial charge in [-0.05, 0) is 42.0 Å². The van der Waals surface area contributed by atoms with Crippen molar-refractivity contribution in [3.05, 3.63) is 75.4 Å². The Morgan fingerprint density at radius 2 is 1.85 bits per heavy atom. The smallest absolute Gasteiger partial charge is 0.424 e. The lowest BCUT2D eigenvalue weighted by Crippen LogP contribution is -2.53. The molecule has 2 aromatic carbocycles. The van der Waals surface area contributed by atoms with Crippen LogP contribution >= 0.6 is 11.6 Å². The van der Waals surface area contributed by atoms with Crippen LogP contribution in [0.25, 0.3) is 11.3 Å². The summed E-state index contributed by atoms with van der Waals surface area (Å²) in [5.41, 5.74) is 5.19. The minimum Gasteiger partial charge on any atom is -0.548 e. The molecule has 6 rings (SSSR count). The summed E-state index contributed by atoms with van der Waals surface area (Å²) in [7, 11) is -3.42. The van der Waals surface area contributed by atoms with E-state index in [1.54, 1.807) is 18.2 Å². The Morgan fingerprint density at radius 1 is 1.09 bits per heavy atom. The zero-order chi connectivity index (χ0) is 33.1. The zero-order valence-electron chi connectivity index (χ0n) is 26.0. The highest BCUT2D eigenvalue weighted by atomic mass is 35.5. The van der Waals surface area contributed by atoms with E-state index in [-0.39, 0.29) is 19.5 Å². The molecule has 3 aromatic rings. The standard InChI is InChI=1S/C33H36ClN5O7S/c1-47(43,44)37-13-9-29-27(22-37)31(35-39(29)12-4-11-36-14-17-45-18-15-36)25-7-8-28(34)24(19-25)10-16-46-33(42)38-21-26-6-3-2-5-23(26)20-30(38)32(40)41/h2-3,5-8,19,30H,4,9,11-15,17-18,20-22H2,1H3,(H,40,41)/p-1. The van der Waals surface area contributed by atoms with Crippen molar-refractivity contribution in [1.82, 2.24) is 23.9 Å². The molecule has 12 nitrogen and oxygen atoms in total. The maximum absolute atomic E-state index is 13.0. The number of nitrogens with zero attached hydrogens (tertiary/aromatic N) is 5. The number of sulfonamides is 1. The van der Waals surface area contributed by atoms with Gasteiger partial charge in [0.1, 0.15) is 6.11 Å². The molecule has 1 saturated heterocycles. The Hall–Kier alpha value is -3.93. The molecule has 14 heteroatoms. The molecular formula is C33H35ClN5O7S-. The molecule has 0 bridgehead atoms. The molecule has 0 radical (unpaired) electrons. The van der Waals surface area contributed by atoms with Crippen LogP contribution in [0.3, 0.4) is 0 Å². The molecule has 3 aliphatic rings. The van der Waals surface area contributed by atoms with Gasteiger partial charge in [-0.1, -0.05) is 41.9 Å². The van der Waals surface area contributed by atoms with E-state index < -0.39 is 28.1 Å². The van der Waals surface area contributed by atoms with Gasteiger partial charge in [0.2, 0.25) is 10.0 Å². The van der Waals surface area contributed by atoms with Gasteiger partial charge >= 0.3 is 6.09 Å². The first-order valence-electron chi connectivity index (χ1n) is 15.5. The van der Waals surface area contributed by atoms with Crippen LogP contribution in [0.4, 0.5) is 4.79 Å². The number of fused-ring (bicyclic) bond motifs is 2. The van der Waals surface area contributed by atoms with Gasteiger partial charge in [-0.3, -0.25) is 14.5 Å². The molecule has 47 heavy (non-hydrogen) atoms. The summed E-state index contributed by atoms with van der Waals surface area (Å²) in [6.45, 7) is 5.50. The molecule has 1 unspecified atom stereocenters. The topological polar surface area (TPSA) is 137 Å². The van der Waals surface area contributed by atoms with Crippen molar-refractivity contribution in [3.63, 3.8) is 0 Å². The Balaban J connectivity index is 1.23. The minimum atomic E-state index is -3.42. The summed E-state index contributed by atoms with van der Waals surface area (Å²) < 4.78 is 39.0. The van der Waals surface area contributed by atoms with Crippen LogP contribution in [0.2, 0.25) is 5.02 Å². The number of hydrogen-bond donors (Lipinski definition) is 0. The number of morpholine rings is 1. The normalized spacial score (nSPS) is 18.5. The van der Waals surface area contributed by atoms with Gasteiger partial charge in [0.25, 0.3) is 0 Å². The van der Waals surface area contributed by atoms with Crippen LogP contribution in [-0.4, -0.2) is 96.1 Å². The molecule has 1 fully saturated rings. The molecule has 3 aliphatic heterocycles. The second kappa shape index (κ2) is 14.0. The summed E-state index contributed by atoms with van der Waals surface area (Å²) in [4.78, 5) is 28.2. The molecule has 1 atom stereocenters. The number of carbonyl (C=O) groups excluding carboxylic acids is 2. The van der Waals surface area contributed by atoms with Gasteiger partial charge in [-0.25, -0.2) is 13.2 Å². The third-order valence-electron chi connectivity index (χ3n) is 8.83. The molecule has 4 heterocycles. The summed E-state index contributed by atoms with van der Waals surface area (Å²) in [6, 6.07) is 11.3. The van der Waals surface area contributed by atoms with Gasteiger partial charge in [-0.2, -0.15) is 9.40 Å². The molecule has 0 aliphatic carbocycles. The molecule has 1 amide bonds. The summed E-state index contributed by atoms with van der Waals surface area (Å²) in [5.74, 6) is 1.40. The average molecular weight is 681 g/mol. The Kier molecular flexibility index (Phi) is 9.86. The van der Waals surface area contributed by atoms with E-state index in [4.69, 9.17) is 26.2 Å². The van der Waals surface area contributed by atoms with E-state index in [1.165, 1.54) is 10.6 Å². The quantitative estimate of drug-likeness (QED) is 0.343. The van der Waals surface area contributed by atoms with Gasteiger partial charge < -0.3 is 19.4 Å². The number of hydrogen-bond acceptors (Lipinski definition) is 9. The average Bonchev–Trinajstić information content (AvgIpc) is 3.42. The zero-order valence-corrected chi connectivity index (χ0v) is 27.6.